The van der Waals surface area contributed by atoms with Crippen LogP contribution in [0.4, 0.5) is 0 Å². The van der Waals surface area contributed by atoms with Crippen LogP contribution in [0.25, 0.3) is 0 Å². The van der Waals surface area contributed by atoms with Gasteiger partial charge in [0.25, 0.3) is 0 Å². The molecule has 0 aliphatic carbocycles. The fourth-order valence-electron chi connectivity index (χ4n) is 1.21. The van der Waals surface area contributed by atoms with Crippen LogP contribution in [0.5, 0.6) is 5.75 Å². The van der Waals surface area contributed by atoms with E-state index in [9.17, 15) is 9.59 Å². The van der Waals surface area contributed by atoms with Crippen LogP contribution < -0.4 is 16.2 Å². The fraction of sp³-hybridized carbons (Fsp3) is 0.273. The van der Waals surface area contributed by atoms with Gasteiger partial charge in [-0.1, -0.05) is 12.1 Å². The third-order valence-corrected chi connectivity index (χ3v) is 2.01. The second-order valence-electron chi connectivity index (χ2n) is 3.45. The van der Waals surface area contributed by atoms with Gasteiger partial charge in [-0.25, -0.2) is 0 Å². The molecule has 5 heteroatoms. The number of hydrogen-bond donors (Lipinski definition) is 2. The summed E-state index contributed by atoms with van der Waals surface area (Å²) in [7, 11) is 0. The van der Waals surface area contributed by atoms with E-state index in [0.29, 0.717) is 12.2 Å². The number of carbonyl (C=O) groups excluding carboxylic acids is 2. The molecule has 5 nitrogen and oxygen atoms in total. The molecule has 0 heterocycles. The summed E-state index contributed by atoms with van der Waals surface area (Å²) in [6, 6.07) is 6.07. The van der Waals surface area contributed by atoms with Crippen molar-refractivity contribution in [3.63, 3.8) is 0 Å². The third-order valence-electron chi connectivity index (χ3n) is 2.01. The molecule has 0 saturated carbocycles. The first-order valence-corrected chi connectivity index (χ1v) is 4.81. The molecular formula is C11H14N2O3. The first-order valence-electron chi connectivity index (χ1n) is 4.81. The Balaban J connectivity index is 2.64. The van der Waals surface area contributed by atoms with Crippen molar-refractivity contribution in [1.82, 2.24) is 0 Å². The minimum Gasteiger partial charge on any atom is -0.427 e. The molecule has 0 spiro atoms. The highest BCUT2D eigenvalue weighted by molar-refractivity contribution is 5.79. The number of benzene rings is 1. The summed E-state index contributed by atoms with van der Waals surface area (Å²) in [5.74, 6) is -0.449. The predicted molar refractivity (Wildman–Crippen MR) is 58.6 cm³/mol. The lowest BCUT2D eigenvalue weighted by molar-refractivity contribution is -0.131. The molecule has 0 radical (unpaired) electrons. The number of hydrogen-bond acceptors (Lipinski definition) is 4. The summed E-state index contributed by atoms with van der Waals surface area (Å²) in [6.45, 7) is 1.33. The minimum atomic E-state index is -0.695. The number of ether oxygens (including phenoxy) is 1. The highest BCUT2D eigenvalue weighted by Crippen LogP contribution is 2.13. The molecule has 1 aromatic carbocycles. The molecule has 1 rings (SSSR count). The van der Waals surface area contributed by atoms with Crippen LogP contribution >= 0.6 is 0 Å². The molecule has 1 aromatic rings. The zero-order valence-corrected chi connectivity index (χ0v) is 8.97. The maximum Gasteiger partial charge on any atom is 0.308 e. The van der Waals surface area contributed by atoms with Gasteiger partial charge in [0, 0.05) is 6.92 Å². The second kappa shape index (κ2) is 5.27. The first kappa shape index (κ1) is 12.2. The Morgan fingerprint density at radius 1 is 1.31 bits per heavy atom. The summed E-state index contributed by atoms with van der Waals surface area (Å²) in [6.07, 6.45) is 0.371. The van der Waals surface area contributed by atoms with Crippen LogP contribution in [-0.2, 0) is 16.0 Å². The van der Waals surface area contributed by atoms with Gasteiger partial charge in [0.15, 0.2) is 0 Å². The molecule has 0 saturated heterocycles. The van der Waals surface area contributed by atoms with Crippen molar-refractivity contribution in [3.8, 4) is 5.75 Å². The molecule has 16 heavy (non-hydrogen) atoms. The quantitative estimate of drug-likeness (QED) is 0.552. The molecule has 1 amide bonds. The van der Waals surface area contributed by atoms with Gasteiger partial charge < -0.3 is 16.2 Å². The van der Waals surface area contributed by atoms with Gasteiger partial charge >= 0.3 is 5.97 Å². The summed E-state index contributed by atoms with van der Waals surface area (Å²) >= 11 is 0. The van der Waals surface area contributed by atoms with Crippen LogP contribution in [0.15, 0.2) is 24.3 Å². The molecule has 0 unspecified atom stereocenters. The van der Waals surface area contributed by atoms with Crippen LogP contribution in [0.3, 0.4) is 0 Å². The van der Waals surface area contributed by atoms with Crippen molar-refractivity contribution in [3.05, 3.63) is 29.8 Å². The van der Waals surface area contributed by atoms with E-state index in [0.717, 1.165) is 5.56 Å². The van der Waals surface area contributed by atoms with Crippen molar-refractivity contribution < 1.29 is 14.3 Å². The van der Waals surface area contributed by atoms with Gasteiger partial charge in [-0.2, -0.15) is 0 Å². The van der Waals surface area contributed by atoms with E-state index in [-0.39, 0.29) is 5.97 Å². The molecule has 0 bridgehead atoms. The molecule has 0 aromatic heterocycles. The van der Waals surface area contributed by atoms with Crippen LogP contribution in [0, 0.1) is 0 Å². The Morgan fingerprint density at radius 2 is 1.88 bits per heavy atom. The van der Waals surface area contributed by atoms with Crippen LogP contribution in [-0.4, -0.2) is 17.9 Å². The van der Waals surface area contributed by atoms with E-state index >= 15 is 0 Å². The highest BCUT2D eigenvalue weighted by atomic mass is 16.5. The highest BCUT2D eigenvalue weighted by Gasteiger charge is 2.09. The van der Waals surface area contributed by atoms with Gasteiger partial charge in [0.2, 0.25) is 5.91 Å². The summed E-state index contributed by atoms with van der Waals surface area (Å²) < 4.78 is 4.86. The largest absolute Gasteiger partial charge is 0.427 e. The Kier molecular flexibility index (Phi) is 4.02. The first-order chi connectivity index (χ1) is 7.49. The minimum absolute atomic E-state index is 0.371. The van der Waals surface area contributed by atoms with Gasteiger partial charge in [-0.05, 0) is 24.1 Å². The fourth-order valence-corrected chi connectivity index (χ4v) is 1.21. The number of rotatable bonds is 4. The number of nitrogens with two attached hydrogens (primary N) is 2. The van der Waals surface area contributed by atoms with Crippen molar-refractivity contribution in [2.75, 3.05) is 0 Å². The third kappa shape index (κ3) is 3.70. The number of carbonyl (C=O) groups is 2. The molecule has 0 aliphatic heterocycles. The standard InChI is InChI=1S/C11H14N2O3/c1-7(14)16-9-4-2-8(3-5-9)6-10(12)11(13)15/h2-5,10H,6,12H2,1H3,(H2,13,15)/t10-/m0/s1. The molecule has 0 fully saturated rings. The Labute approximate surface area is 93.4 Å². The zero-order chi connectivity index (χ0) is 12.1. The molecule has 0 aliphatic rings. The summed E-state index contributed by atoms with van der Waals surface area (Å²) in [5.41, 5.74) is 11.4. The SMILES string of the molecule is CC(=O)Oc1ccc(C[C@H](N)C(N)=O)cc1. The van der Waals surface area contributed by atoms with Crippen molar-refractivity contribution in [2.24, 2.45) is 11.5 Å². The topological polar surface area (TPSA) is 95.4 Å². The van der Waals surface area contributed by atoms with Gasteiger partial charge in [0.05, 0.1) is 6.04 Å². The maximum atomic E-state index is 10.7. The predicted octanol–water partition coefficient (Wildman–Crippen LogP) is -0.0330. The lowest BCUT2D eigenvalue weighted by Gasteiger charge is -2.07. The Bertz CT molecular complexity index is 387. The van der Waals surface area contributed by atoms with E-state index < -0.39 is 11.9 Å². The van der Waals surface area contributed by atoms with E-state index in [4.69, 9.17) is 16.2 Å². The maximum absolute atomic E-state index is 10.7. The Hall–Kier alpha value is -1.88. The van der Waals surface area contributed by atoms with Crippen molar-refractivity contribution >= 4 is 11.9 Å². The van der Waals surface area contributed by atoms with E-state index in [1.807, 2.05) is 0 Å². The van der Waals surface area contributed by atoms with Crippen LogP contribution in [0.2, 0.25) is 0 Å². The second-order valence-corrected chi connectivity index (χ2v) is 3.45. The lowest BCUT2D eigenvalue weighted by Crippen LogP contribution is -2.38. The molecule has 86 valence electrons. The average molecular weight is 222 g/mol. The number of primary amides is 1. The molecule has 4 N–H and O–H groups in total. The summed E-state index contributed by atoms with van der Waals surface area (Å²) in [4.78, 5) is 21.4. The normalized spacial score (nSPS) is 11.9. The van der Waals surface area contributed by atoms with Gasteiger partial charge in [0.1, 0.15) is 5.75 Å². The van der Waals surface area contributed by atoms with Crippen LogP contribution in [0.1, 0.15) is 12.5 Å². The summed E-state index contributed by atoms with van der Waals surface area (Å²) in [5, 5.41) is 0. The van der Waals surface area contributed by atoms with E-state index in [1.54, 1.807) is 24.3 Å². The van der Waals surface area contributed by atoms with Gasteiger partial charge in [-0.3, -0.25) is 9.59 Å². The molecular weight excluding hydrogens is 208 g/mol. The Morgan fingerprint density at radius 3 is 2.31 bits per heavy atom. The van der Waals surface area contributed by atoms with E-state index in [2.05, 4.69) is 0 Å². The number of esters is 1. The lowest BCUT2D eigenvalue weighted by atomic mass is 10.1. The monoisotopic (exact) mass is 222 g/mol. The average Bonchev–Trinajstić information content (AvgIpc) is 2.20. The number of amides is 1. The zero-order valence-electron chi connectivity index (χ0n) is 8.97. The molecule has 1 atom stereocenters. The van der Waals surface area contributed by atoms with Crippen molar-refractivity contribution in [1.29, 1.82) is 0 Å². The smallest absolute Gasteiger partial charge is 0.308 e. The van der Waals surface area contributed by atoms with Crippen molar-refractivity contribution in [2.45, 2.75) is 19.4 Å². The van der Waals surface area contributed by atoms with E-state index in [1.165, 1.54) is 6.92 Å². The van der Waals surface area contributed by atoms with Gasteiger partial charge in [-0.15, -0.1) is 0 Å².